The molecule has 1 aromatic heterocycles. The van der Waals surface area contributed by atoms with Crippen molar-refractivity contribution in [3.63, 3.8) is 0 Å². The molecule has 29 heavy (non-hydrogen) atoms. The molecule has 3 aromatic rings. The number of aromatic nitrogens is 2. The van der Waals surface area contributed by atoms with E-state index in [0.717, 1.165) is 29.6 Å². The van der Waals surface area contributed by atoms with Gasteiger partial charge < -0.3 is 19.3 Å². The summed E-state index contributed by atoms with van der Waals surface area (Å²) in [4.78, 5) is 30.7. The first-order valence-corrected chi connectivity index (χ1v) is 9.78. The summed E-state index contributed by atoms with van der Waals surface area (Å²) in [5.74, 6) is 0.203. The zero-order valence-corrected chi connectivity index (χ0v) is 16.0. The van der Waals surface area contributed by atoms with Crippen LogP contribution in [0, 0.1) is 0 Å². The number of aliphatic carboxylic acids is 1. The van der Waals surface area contributed by atoms with Gasteiger partial charge in [-0.25, -0.2) is 9.78 Å². The third-order valence-electron chi connectivity index (χ3n) is 5.25. The third kappa shape index (κ3) is 4.08. The van der Waals surface area contributed by atoms with Gasteiger partial charge in [0.15, 0.2) is 0 Å². The van der Waals surface area contributed by atoms with Crippen LogP contribution < -0.4 is 4.74 Å². The van der Waals surface area contributed by atoms with Crippen molar-refractivity contribution in [1.29, 1.82) is 0 Å². The number of para-hydroxylation sites is 3. The lowest BCUT2D eigenvalue weighted by molar-refractivity contribution is -0.152. The predicted octanol–water partition coefficient (Wildman–Crippen LogP) is 3.08. The first kappa shape index (κ1) is 19.0. The first-order valence-electron chi connectivity index (χ1n) is 9.78. The van der Waals surface area contributed by atoms with E-state index in [-0.39, 0.29) is 19.1 Å². The Hall–Kier alpha value is -3.35. The van der Waals surface area contributed by atoms with E-state index in [4.69, 9.17) is 4.74 Å². The van der Waals surface area contributed by atoms with Crippen molar-refractivity contribution in [3.8, 4) is 5.75 Å². The molecule has 0 saturated carbocycles. The Kier molecular flexibility index (Phi) is 5.46. The molecular weight excluding hydrogens is 370 g/mol. The summed E-state index contributed by atoms with van der Waals surface area (Å²) in [6.07, 6.45) is 2.14. The van der Waals surface area contributed by atoms with Crippen LogP contribution >= 0.6 is 0 Å². The van der Waals surface area contributed by atoms with Gasteiger partial charge >= 0.3 is 5.97 Å². The molecular formula is C22H23N3O4. The molecule has 150 valence electrons. The standard InChI is InChI=1S/C22H23N3O4/c26-21(24-13-7-6-12-19(24)22(27)28)14-25-18-11-5-4-10-17(18)23-20(25)15-29-16-8-2-1-3-9-16/h1-5,8-11,19H,6-7,12-15H2,(H,27,28). The molecule has 0 radical (unpaired) electrons. The maximum absolute atomic E-state index is 13.0. The number of rotatable bonds is 6. The molecule has 1 unspecified atom stereocenters. The van der Waals surface area contributed by atoms with Crippen LogP contribution in [0.3, 0.4) is 0 Å². The Balaban J connectivity index is 1.59. The molecule has 1 fully saturated rings. The molecule has 0 spiro atoms. The van der Waals surface area contributed by atoms with Crippen LogP contribution in [0.5, 0.6) is 5.75 Å². The summed E-state index contributed by atoms with van der Waals surface area (Å²) in [6.45, 7) is 0.727. The van der Waals surface area contributed by atoms with Gasteiger partial charge in [0.05, 0.1) is 11.0 Å². The number of imidazole rings is 1. The number of fused-ring (bicyclic) bond motifs is 1. The number of amides is 1. The van der Waals surface area contributed by atoms with Crippen LogP contribution in [0.2, 0.25) is 0 Å². The lowest BCUT2D eigenvalue weighted by Gasteiger charge is -2.33. The molecule has 0 bridgehead atoms. The molecule has 1 atom stereocenters. The lowest BCUT2D eigenvalue weighted by atomic mass is 10.0. The fourth-order valence-corrected chi connectivity index (χ4v) is 3.79. The highest BCUT2D eigenvalue weighted by Gasteiger charge is 2.32. The maximum atomic E-state index is 13.0. The quantitative estimate of drug-likeness (QED) is 0.696. The van der Waals surface area contributed by atoms with E-state index in [2.05, 4.69) is 4.98 Å². The van der Waals surface area contributed by atoms with Gasteiger partial charge in [-0.2, -0.15) is 0 Å². The molecule has 7 heteroatoms. The average molecular weight is 393 g/mol. The van der Waals surface area contributed by atoms with Gasteiger partial charge in [0, 0.05) is 6.54 Å². The number of hydrogen-bond acceptors (Lipinski definition) is 4. The van der Waals surface area contributed by atoms with Gasteiger partial charge in [-0.05, 0) is 43.5 Å². The highest BCUT2D eigenvalue weighted by Crippen LogP contribution is 2.21. The van der Waals surface area contributed by atoms with Crippen molar-refractivity contribution < 1.29 is 19.4 Å². The number of benzene rings is 2. The van der Waals surface area contributed by atoms with Crippen molar-refractivity contribution in [2.75, 3.05) is 6.54 Å². The molecule has 1 aliphatic heterocycles. The van der Waals surface area contributed by atoms with Gasteiger partial charge in [-0.1, -0.05) is 30.3 Å². The third-order valence-corrected chi connectivity index (χ3v) is 5.25. The number of nitrogens with zero attached hydrogens (tertiary/aromatic N) is 3. The SMILES string of the molecule is O=C(O)C1CCCCN1C(=O)Cn1c(COc2ccccc2)nc2ccccc21. The molecule has 1 aliphatic rings. The number of likely N-dealkylation sites (tertiary alicyclic amines) is 1. The number of carboxylic acids is 1. The van der Waals surface area contributed by atoms with Gasteiger partial charge in [0.2, 0.25) is 5.91 Å². The zero-order chi connectivity index (χ0) is 20.2. The van der Waals surface area contributed by atoms with Crippen LogP contribution in [0.15, 0.2) is 54.6 Å². The molecule has 7 nitrogen and oxygen atoms in total. The van der Waals surface area contributed by atoms with Crippen LogP contribution in [0.25, 0.3) is 11.0 Å². The Bertz CT molecular complexity index is 1020. The van der Waals surface area contributed by atoms with Crippen molar-refractivity contribution in [3.05, 3.63) is 60.4 Å². The summed E-state index contributed by atoms with van der Waals surface area (Å²) >= 11 is 0. The minimum absolute atomic E-state index is 0.0395. The van der Waals surface area contributed by atoms with Gasteiger partial charge in [0.1, 0.15) is 30.8 Å². The zero-order valence-electron chi connectivity index (χ0n) is 16.0. The summed E-state index contributed by atoms with van der Waals surface area (Å²) in [5, 5.41) is 9.49. The number of piperidine rings is 1. The lowest BCUT2D eigenvalue weighted by Crippen LogP contribution is -2.49. The molecule has 0 aliphatic carbocycles. The normalized spacial score (nSPS) is 16.7. The van der Waals surface area contributed by atoms with Gasteiger partial charge in [-0.15, -0.1) is 0 Å². The Morgan fingerprint density at radius 2 is 1.83 bits per heavy atom. The Morgan fingerprint density at radius 1 is 1.07 bits per heavy atom. The van der Waals surface area contributed by atoms with E-state index in [0.29, 0.717) is 18.8 Å². The fourth-order valence-electron chi connectivity index (χ4n) is 3.79. The first-order chi connectivity index (χ1) is 14.1. The fraction of sp³-hybridized carbons (Fsp3) is 0.318. The van der Waals surface area contributed by atoms with Crippen molar-refractivity contribution in [1.82, 2.24) is 14.5 Å². The Morgan fingerprint density at radius 3 is 2.62 bits per heavy atom. The molecule has 1 N–H and O–H groups in total. The highest BCUT2D eigenvalue weighted by molar-refractivity contribution is 5.85. The number of hydrogen-bond donors (Lipinski definition) is 1. The summed E-state index contributed by atoms with van der Waals surface area (Å²) in [7, 11) is 0. The van der Waals surface area contributed by atoms with E-state index in [1.807, 2.05) is 59.2 Å². The smallest absolute Gasteiger partial charge is 0.326 e. The second-order valence-corrected chi connectivity index (χ2v) is 7.14. The number of carbonyl (C=O) groups is 2. The van der Waals surface area contributed by atoms with E-state index >= 15 is 0 Å². The largest absolute Gasteiger partial charge is 0.486 e. The van der Waals surface area contributed by atoms with E-state index in [9.17, 15) is 14.7 Å². The van der Waals surface area contributed by atoms with Crippen molar-refractivity contribution in [2.24, 2.45) is 0 Å². The van der Waals surface area contributed by atoms with Gasteiger partial charge in [-0.3, -0.25) is 4.79 Å². The molecule has 2 aromatic carbocycles. The van der Waals surface area contributed by atoms with Crippen LogP contribution in [-0.4, -0.2) is 44.0 Å². The molecule has 1 amide bonds. The minimum Gasteiger partial charge on any atom is -0.486 e. The van der Waals surface area contributed by atoms with E-state index in [1.165, 1.54) is 4.90 Å². The number of carboxylic acid groups (broad SMARTS) is 1. The molecule has 2 heterocycles. The van der Waals surface area contributed by atoms with Crippen LogP contribution in [0.4, 0.5) is 0 Å². The second kappa shape index (κ2) is 8.34. The highest BCUT2D eigenvalue weighted by atomic mass is 16.5. The summed E-state index contributed by atoms with van der Waals surface area (Å²) in [6, 6.07) is 16.3. The second-order valence-electron chi connectivity index (χ2n) is 7.14. The molecule has 1 saturated heterocycles. The average Bonchev–Trinajstić information content (AvgIpc) is 3.10. The maximum Gasteiger partial charge on any atom is 0.326 e. The predicted molar refractivity (Wildman–Crippen MR) is 107 cm³/mol. The number of carbonyl (C=O) groups excluding carboxylic acids is 1. The van der Waals surface area contributed by atoms with Crippen molar-refractivity contribution >= 4 is 22.9 Å². The topological polar surface area (TPSA) is 84.7 Å². The summed E-state index contributed by atoms with van der Waals surface area (Å²) < 4.78 is 7.67. The minimum atomic E-state index is -0.943. The summed E-state index contributed by atoms with van der Waals surface area (Å²) in [5.41, 5.74) is 1.61. The van der Waals surface area contributed by atoms with Gasteiger partial charge in [0.25, 0.3) is 0 Å². The molecule has 4 rings (SSSR count). The van der Waals surface area contributed by atoms with Crippen molar-refractivity contribution in [2.45, 2.75) is 38.5 Å². The monoisotopic (exact) mass is 393 g/mol. The van der Waals surface area contributed by atoms with E-state index < -0.39 is 12.0 Å². The number of ether oxygens (including phenoxy) is 1. The van der Waals surface area contributed by atoms with Crippen LogP contribution in [-0.2, 0) is 22.7 Å². The Labute approximate surface area is 168 Å². The van der Waals surface area contributed by atoms with E-state index in [1.54, 1.807) is 0 Å². The van der Waals surface area contributed by atoms with Crippen LogP contribution in [0.1, 0.15) is 25.1 Å².